The van der Waals surface area contributed by atoms with Crippen molar-refractivity contribution in [3.8, 4) is 0 Å². The number of nitrogens with zero attached hydrogens (tertiary/aromatic N) is 1. The minimum absolute atomic E-state index is 0.0608. The summed E-state index contributed by atoms with van der Waals surface area (Å²) in [4.78, 5) is 13.7. The molecular formula is C10H9BrClNO. The van der Waals surface area contributed by atoms with Crippen molar-refractivity contribution in [3.05, 3.63) is 33.3 Å². The van der Waals surface area contributed by atoms with Gasteiger partial charge in [0.1, 0.15) is 0 Å². The van der Waals surface area contributed by atoms with Crippen LogP contribution in [0.4, 0.5) is 0 Å². The molecule has 1 saturated heterocycles. The predicted molar refractivity (Wildman–Crippen MR) is 59.7 cm³/mol. The van der Waals surface area contributed by atoms with Crippen LogP contribution in [0.1, 0.15) is 16.8 Å². The van der Waals surface area contributed by atoms with Gasteiger partial charge in [-0.1, -0.05) is 11.6 Å². The molecule has 0 radical (unpaired) electrons. The Labute approximate surface area is 96.0 Å². The van der Waals surface area contributed by atoms with E-state index >= 15 is 0 Å². The molecule has 1 aliphatic heterocycles. The third kappa shape index (κ3) is 1.79. The Hall–Kier alpha value is -0.540. The fourth-order valence-corrected chi connectivity index (χ4v) is 1.94. The summed E-state index contributed by atoms with van der Waals surface area (Å²) in [5.74, 6) is 0.0608. The van der Waals surface area contributed by atoms with Crippen molar-refractivity contribution in [3.63, 3.8) is 0 Å². The van der Waals surface area contributed by atoms with E-state index in [-0.39, 0.29) is 5.91 Å². The molecule has 1 fully saturated rings. The Morgan fingerprint density at radius 1 is 1.43 bits per heavy atom. The van der Waals surface area contributed by atoms with Crippen LogP contribution >= 0.6 is 27.5 Å². The average Bonchev–Trinajstić information content (AvgIpc) is 2.06. The van der Waals surface area contributed by atoms with Gasteiger partial charge in [0.25, 0.3) is 5.91 Å². The average molecular weight is 275 g/mol. The van der Waals surface area contributed by atoms with Crippen LogP contribution in [0.5, 0.6) is 0 Å². The summed E-state index contributed by atoms with van der Waals surface area (Å²) in [6, 6.07) is 5.26. The maximum atomic E-state index is 11.8. The van der Waals surface area contributed by atoms with Crippen molar-refractivity contribution >= 4 is 33.4 Å². The molecule has 0 N–H and O–H groups in total. The summed E-state index contributed by atoms with van der Waals surface area (Å²) >= 11 is 9.18. The molecule has 0 spiro atoms. The minimum atomic E-state index is 0.0608. The molecule has 0 saturated carbocycles. The summed E-state index contributed by atoms with van der Waals surface area (Å²) in [7, 11) is 0. The van der Waals surface area contributed by atoms with E-state index in [1.165, 1.54) is 0 Å². The molecule has 0 aliphatic carbocycles. The lowest BCUT2D eigenvalue weighted by molar-refractivity contribution is 0.0651. The van der Waals surface area contributed by atoms with Crippen LogP contribution < -0.4 is 0 Å². The summed E-state index contributed by atoms with van der Waals surface area (Å²) in [6.07, 6.45) is 1.10. The molecule has 1 heterocycles. The lowest BCUT2D eigenvalue weighted by Gasteiger charge is -2.31. The highest BCUT2D eigenvalue weighted by Crippen LogP contribution is 2.24. The Balaban J connectivity index is 2.29. The second-order valence-corrected chi connectivity index (χ2v) is 4.56. The van der Waals surface area contributed by atoms with Gasteiger partial charge in [-0.2, -0.15) is 0 Å². The lowest BCUT2D eigenvalue weighted by atomic mass is 10.1. The second kappa shape index (κ2) is 3.91. The number of carbonyl (C=O) groups excluding carboxylic acids is 1. The molecule has 4 heteroatoms. The van der Waals surface area contributed by atoms with Crippen LogP contribution in [0.25, 0.3) is 0 Å². The number of likely N-dealkylation sites (tertiary alicyclic amines) is 1. The van der Waals surface area contributed by atoms with E-state index in [1.54, 1.807) is 18.2 Å². The van der Waals surface area contributed by atoms with Gasteiger partial charge in [0.2, 0.25) is 0 Å². The molecule has 1 aromatic carbocycles. The van der Waals surface area contributed by atoms with E-state index in [4.69, 9.17) is 11.6 Å². The standard InChI is InChI=1S/C10H9BrClNO/c11-9-3-2-7(12)6-8(9)10(14)13-4-1-5-13/h2-3,6H,1,4-5H2. The third-order valence-electron chi connectivity index (χ3n) is 2.30. The summed E-state index contributed by atoms with van der Waals surface area (Å²) in [6.45, 7) is 1.72. The number of hydrogen-bond donors (Lipinski definition) is 0. The van der Waals surface area contributed by atoms with Gasteiger partial charge in [0.15, 0.2) is 0 Å². The van der Waals surface area contributed by atoms with E-state index < -0.39 is 0 Å². The molecule has 0 bridgehead atoms. The first kappa shape index (κ1) is 9.99. The molecular weight excluding hydrogens is 265 g/mol. The first-order chi connectivity index (χ1) is 6.68. The minimum Gasteiger partial charge on any atom is -0.338 e. The van der Waals surface area contributed by atoms with Gasteiger partial charge < -0.3 is 4.90 Å². The largest absolute Gasteiger partial charge is 0.338 e. The SMILES string of the molecule is O=C(c1cc(Cl)ccc1Br)N1CCC1. The van der Waals surface area contributed by atoms with E-state index in [1.807, 2.05) is 4.90 Å². The van der Waals surface area contributed by atoms with E-state index in [9.17, 15) is 4.79 Å². The number of rotatable bonds is 1. The van der Waals surface area contributed by atoms with Gasteiger partial charge in [-0.05, 0) is 40.5 Å². The highest BCUT2D eigenvalue weighted by atomic mass is 79.9. The van der Waals surface area contributed by atoms with E-state index in [2.05, 4.69) is 15.9 Å². The van der Waals surface area contributed by atoms with Crippen molar-refractivity contribution in [2.45, 2.75) is 6.42 Å². The Morgan fingerprint density at radius 2 is 2.14 bits per heavy atom. The summed E-state index contributed by atoms with van der Waals surface area (Å²) in [5, 5.41) is 0.595. The zero-order valence-corrected chi connectivity index (χ0v) is 9.81. The van der Waals surface area contributed by atoms with Crippen LogP contribution in [0.2, 0.25) is 5.02 Å². The van der Waals surface area contributed by atoms with Crippen LogP contribution in [0, 0.1) is 0 Å². The molecule has 0 unspecified atom stereocenters. The van der Waals surface area contributed by atoms with Crippen LogP contribution in [-0.4, -0.2) is 23.9 Å². The van der Waals surface area contributed by atoms with Gasteiger partial charge in [-0.25, -0.2) is 0 Å². The predicted octanol–water partition coefficient (Wildman–Crippen LogP) is 2.95. The molecule has 1 amide bonds. The summed E-state index contributed by atoms with van der Waals surface area (Å²) in [5.41, 5.74) is 0.650. The van der Waals surface area contributed by atoms with Crippen molar-refractivity contribution in [2.24, 2.45) is 0 Å². The fourth-order valence-electron chi connectivity index (χ4n) is 1.35. The maximum Gasteiger partial charge on any atom is 0.255 e. The quantitative estimate of drug-likeness (QED) is 0.771. The number of halogens is 2. The van der Waals surface area contributed by atoms with Crippen molar-refractivity contribution in [1.82, 2.24) is 4.90 Å². The third-order valence-corrected chi connectivity index (χ3v) is 3.23. The molecule has 74 valence electrons. The molecule has 14 heavy (non-hydrogen) atoms. The van der Waals surface area contributed by atoms with Crippen LogP contribution in [0.3, 0.4) is 0 Å². The topological polar surface area (TPSA) is 20.3 Å². The molecule has 0 aromatic heterocycles. The molecule has 0 atom stereocenters. The number of hydrogen-bond acceptors (Lipinski definition) is 1. The Morgan fingerprint density at radius 3 is 2.71 bits per heavy atom. The molecule has 2 rings (SSSR count). The number of benzene rings is 1. The molecule has 1 aliphatic rings. The van der Waals surface area contributed by atoms with Crippen molar-refractivity contribution in [1.29, 1.82) is 0 Å². The zero-order valence-electron chi connectivity index (χ0n) is 7.46. The molecule has 2 nitrogen and oxygen atoms in total. The van der Waals surface area contributed by atoms with Gasteiger partial charge in [-0.15, -0.1) is 0 Å². The van der Waals surface area contributed by atoms with Crippen LogP contribution in [-0.2, 0) is 0 Å². The Kier molecular flexibility index (Phi) is 2.79. The Bertz CT molecular complexity index is 376. The van der Waals surface area contributed by atoms with Crippen molar-refractivity contribution < 1.29 is 4.79 Å². The zero-order chi connectivity index (χ0) is 10.1. The monoisotopic (exact) mass is 273 g/mol. The number of amides is 1. The second-order valence-electron chi connectivity index (χ2n) is 3.27. The smallest absolute Gasteiger partial charge is 0.255 e. The highest BCUT2D eigenvalue weighted by molar-refractivity contribution is 9.10. The first-order valence-electron chi connectivity index (χ1n) is 4.43. The number of carbonyl (C=O) groups is 1. The maximum absolute atomic E-state index is 11.8. The van der Waals surface area contributed by atoms with E-state index in [0.717, 1.165) is 24.0 Å². The van der Waals surface area contributed by atoms with Gasteiger partial charge in [-0.3, -0.25) is 4.79 Å². The first-order valence-corrected chi connectivity index (χ1v) is 5.60. The normalized spacial score (nSPS) is 15.1. The van der Waals surface area contributed by atoms with Gasteiger partial charge in [0, 0.05) is 22.6 Å². The van der Waals surface area contributed by atoms with Gasteiger partial charge >= 0.3 is 0 Å². The summed E-state index contributed by atoms with van der Waals surface area (Å²) < 4.78 is 0.804. The van der Waals surface area contributed by atoms with Crippen molar-refractivity contribution in [2.75, 3.05) is 13.1 Å². The lowest BCUT2D eigenvalue weighted by Crippen LogP contribution is -2.42. The van der Waals surface area contributed by atoms with Gasteiger partial charge in [0.05, 0.1) is 5.56 Å². The highest BCUT2D eigenvalue weighted by Gasteiger charge is 2.23. The fraction of sp³-hybridized carbons (Fsp3) is 0.300. The molecule has 1 aromatic rings. The van der Waals surface area contributed by atoms with E-state index in [0.29, 0.717) is 10.6 Å². The van der Waals surface area contributed by atoms with Crippen LogP contribution in [0.15, 0.2) is 22.7 Å².